The molecule has 2 aromatic carbocycles. The molecule has 0 spiro atoms. The van der Waals surface area contributed by atoms with Crippen LogP contribution in [0, 0.1) is 5.92 Å². The molecule has 1 amide bonds. The molecule has 0 radical (unpaired) electrons. The second kappa shape index (κ2) is 5.91. The fourth-order valence-corrected chi connectivity index (χ4v) is 2.52. The van der Waals surface area contributed by atoms with Gasteiger partial charge in [-0.2, -0.15) is 0 Å². The zero-order valence-corrected chi connectivity index (χ0v) is 11.5. The van der Waals surface area contributed by atoms with E-state index >= 15 is 0 Å². The van der Waals surface area contributed by atoms with Crippen molar-refractivity contribution in [2.24, 2.45) is 5.92 Å². The molecule has 3 rings (SSSR count). The lowest BCUT2D eigenvalue weighted by Gasteiger charge is -2.24. The second-order valence-corrected chi connectivity index (χ2v) is 5.44. The summed E-state index contributed by atoms with van der Waals surface area (Å²) in [5.74, 6) is 0.400. The second-order valence-electron chi connectivity index (χ2n) is 5.44. The van der Waals surface area contributed by atoms with Gasteiger partial charge in [0.2, 0.25) is 5.91 Å². The minimum atomic E-state index is 0.178. The van der Waals surface area contributed by atoms with Crippen LogP contribution in [0.2, 0.25) is 0 Å². The van der Waals surface area contributed by atoms with Crippen LogP contribution in [-0.2, 0) is 11.2 Å². The standard InChI is InChI=1S/C18H19NO/c20-18(15-10-6-11-15)19-17-12-5-4-9-16(17)13-14-7-2-1-3-8-14/h1-5,7-9,12,15H,6,10-11,13H2,(H,19,20). The number of amides is 1. The Balaban J connectivity index is 1.75. The van der Waals surface area contributed by atoms with Crippen molar-refractivity contribution in [3.63, 3.8) is 0 Å². The third kappa shape index (κ3) is 2.90. The third-order valence-electron chi connectivity index (χ3n) is 3.99. The molecule has 1 saturated carbocycles. The van der Waals surface area contributed by atoms with Gasteiger partial charge >= 0.3 is 0 Å². The highest BCUT2D eigenvalue weighted by Crippen LogP contribution is 2.28. The predicted molar refractivity (Wildman–Crippen MR) is 81.7 cm³/mol. The molecule has 20 heavy (non-hydrogen) atoms. The van der Waals surface area contributed by atoms with Crippen molar-refractivity contribution in [1.29, 1.82) is 0 Å². The van der Waals surface area contributed by atoms with Gasteiger partial charge in [-0.1, -0.05) is 55.0 Å². The fraction of sp³-hybridized carbons (Fsp3) is 0.278. The summed E-state index contributed by atoms with van der Waals surface area (Å²) in [5.41, 5.74) is 3.39. The number of rotatable bonds is 4. The average Bonchev–Trinajstić information content (AvgIpc) is 2.40. The van der Waals surface area contributed by atoms with Crippen molar-refractivity contribution in [3.05, 3.63) is 65.7 Å². The van der Waals surface area contributed by atoms with Crippen LogP contribution in [0.15, 0.2) is 54.6 Å². The van der Waals surface area contributed by atoms with Gasteiger partial charge in [-0.25, -0.2) is 0 Å². The summed E-state index contributed by atoms with van der Waals surface area (Å²) in [7, 11) is 0. The fourth-order valence-electron chi connectivity index (χ4n) is 2.52. The number of benzene rings is 2. The Kier molecular flexibility index (Phi) is 3.82. The normalized spacial score (nSPS) is 14.6. The molecule has 2 heteroatoms. The van der Waals surface area contributed by atoms with Crippen molar-refractivity contribution < 1.29 is 4.79 Å². The van der Waals surface area contributed by atoms with E-state index in [9.17, 15) is 4.79 Å². The lowest BCUT2D eigenvalue weighted by atomic mass is 9.84. The minimum absolute atomic E-state index is 0.178. The van der Waals surface area contributed by atoms with E-state index in [0.29, 0.717) is 0 Å². The number of carbonyl (C=O) groups is 1. The van der Waals surface area contributed by atoms with Gasteiger partial charge in [0.15, 0.2) is 0 Å². The van der Waals surface area contributed by atoms with Crippen LogP contribution >= 0.6 is 0 Å². The van der Waals surface area contributed by atoms with E-state index in [0.717, 1.165) is 24.9 Å². The molecule has 0 aromatic heterocycles. The van der Waals surface area contributed by atoms with Crippen LogP contribution in [0.3, 0.4) is 0 Å². The summed E-state index contributed by atoms with van der Waals surface area (Å²) in [6, 6.07) is 18.4. The number of carbonyl (C=O) groups excluding carboxylic acids is 1. The average molecular weight is 265 g/mol. The Hall–Kier alpha value is -2.09. The Labute approximate surface area is 119 Å². The highest BCUT2D eigenvalue weighted by molar-refractivity contribution is 5.93. The summed E-state index contributed by atoms with van der Waals surface area (Å²) in [6.07, 6.45) is 4.10. The smallest absolute Gasteiger partial charge is 0.227 e. The molecule has 2 aromatic rings. The Bertz CT molecular complexity index is 587. The lowest BCUT2D eigenvalue weighted by Crippen LogP contribution is -2.28. The van der Waals surface area contributed by atoms with Crippen molar-refractivity contribution in [3.8, 4) is 0 Å². The molecule has 2 nitrogen and oxygen atoms in total. The van der Waals surface area contributed by atoms with E-state index in [1.807, 2.05) is 36.4 Å². The third-order valence-corrected chi connectivity index (χ3v) is 3.99. The predicted octanol–water partition coefficient (Wildman–Crippen LogP) is 4.02. The topological polar surface area (TPSA) is 29.1 Å². The Morgan fingerprint density at radius 3 is 2.40 bits per heavy atom. The summed E-state index contributed by atoms with van der Waals surface area (Å²) < 4.78 is 0. The van der Waals surface area contributed by atoms with Crippen LogP contribution in [-0.4, -0.2) is 5.91 Å². The van der Waals surface area contributed by atoms with Crippen LogP contribution in [0.25, 0.3) is 0 Å². The van der Waals surface area contributed by atoms with E-state index in [2.05, 4.69) is 23.5 Å². The van der Waals surface area contributed by atoms with E-state index in [1.165, 1.54) is 17.5 Å². The van der Waals surface area contributed by atoms with Crippen molar-refractivity contribution in [1.82, 2.24) is 0 Å². The summed E-state index contributed by atoms with van der Waals surface area (Å²) in [4.78, 5) is 12.1. The maximum atomic E-state index is 12.1. The summed E-state index contributed by atoms with van der Waals surface area (Å²) in [6.45, 7) is 0. The van der Waals surface area contributed by atoms with E-state index in [4.69, 9.17) is 0 Å². The van der Waals surface area contributed by atoms with E-state index in [-0.39, 0.29) is 11.8 Å². The zero-order chi connectivity index (χ0) is 13.8. The first-order chi connectivity index (χ1) is 9.83. The molecule has 0 aliphatic heterocycles. The molecule has 102 valence electrons. The SMILES string of the molecule is O=C(Nc1ccccc1Cc1ccccc1)C1CCC1. The molecule has 1 aliphatic carbocycles. The van der Waals surface area contributed by atoms with Gasteiger partial charge in [-0.3, -0.25) is 4.79 Å². The van der Waals surface area contributed by atoms with Gasteiger partial charge in [0.1, 0.15) is 0 Å². The molecular weight excluding hydrogens is 246 g/mol. The number of anilines is 1. The first-order valence-electron chi connectivity index (χ1n) is 7.25. The molecule has 0 atom stereocenters. The molecule has 1 fully saturated rings. The van der Waals surface area contributed by atoms with Crippen LogP contribution in [0.4, 0.5) is 5.69 Å². The zero-order valence-electron chi connectivity index (χ0n) is 11.5. The van der Waals surface area contributed by atoms with Crippen LogP contribution in [0.5, 0.6) is 0 Å². The van der Waals surface area contributed by atoms with Gasteiger partial charge in [-0.05, 0) is 36.5 Å². The number of hydrogen-bond donors (Lipinski definition) is 1. The van der Waals surface area contributed by atoms with Gasteiger partial charge in [0, 0.05) is 11.6 Å². The number of para-hydroxylation sites is 1. The Morgan fingerprint density at radius 1 is 1.00 bits per heavy atom. The van der Waals surface area contributed by atoms with Crippen molar-refractivity contribution >= 4 is 11.6 Å². The first-order valence-corrected chi connectivity index (χ1v) is 7.25. The largest absolute Gasteiger partial charge is 0.326 e. The first kappa shape index (κ1) is 12.9. The summed E-state index contributed by atoms with van der Waals surface area (Å²) in [5, 5.41) is 3.09. The van der Waals surface area contributed by atoms with Gasteiger partial charge in [0.05, 0.1) is 0 Å². The molecule has 0 saturated heterocycles. The quantitative estimate of drug-likeness (QED) is 0.889. The van der Waals surface area contributed by atoms with E-state index < -0.39 is 0 Å². The summed E-state index contributed by atoms with van der Waals surface area (Å²) >= 11 is 0. The molecule has 0 unspecified atom stereocenters. The highest BCUT2D eigenvalue weighted by atomic mass is 16.1. The molecule has 0 bridgehead atoms. The van der Waals surface area contributed by atoms with Gasteiger partial charge in [0.25, 0.3) is 0 Å². The monoisotopic (exact) mass is 265 g/mol. The van der Waals surface area contributed by atoms with Crippen molar-refractivity contribution in [2.45, 2.75) is 25.7 Å². The maximum absolute atomic E-state index is 12.1. The highest BCUT2D eigenvalue weighted by Gasteiger charge is 2.25. The lowest BCUT2D eigenvalue weighted by molar-refractivity contribution is -0.122. The maximum Gasteiger partial charge on any atom is 0.227 e. The number of hydrogen-bond acceptors (Lipinski definition) is 1. The van der Waals surface area contributed by atoms with Gasteiger partial charge in [-0.15, -0.1) is 0 Å². The minimum Gasteiger partial charge on any atom is -0.326 e. The van der Waals surface area contributed by atoms with E-state index in [1.54, 1.807) is 0 Å². The molecule has 1 aliphatic rings. The van der Waals surface area contributed by atoms with Crippen LogP contribution in [0.1, 0.15) is 30.4 Å². The van der Waals surface area contributed by atoms with Crippen LogP contribution < -0.4 is 5.32 Å². The van der Waals surface area contributed by atoms with Crippen molar-refractivity contribution in [2.75, 3.05) is 5.32 Å². The Morgan fingerprint density at radius 2 is 1.70 bits per heavy atom. The molecular formula is C18H19NO. The molecule has 1 N–H and O–H groups in total. The van der Waals surface area contributed by atoms with Gasteiger partial charge < -0.3 is 5.32 Å². The number of nitrogens with one attached hydrogen (secondary N) is 1. The molecule has 0 heterocycles.